The van der Waals surface area contributed by atoms with Gasteiger partial charge in [0.05, 0.1) is 32.6 Å². The van der Waals surface area contributed by atoms with Crippen LogP contribution in [0.4, 0.5) is 17.1 Å². The average molecular weight is 591 g/mol. The first-order valence-electron chi connectivity index (χ1n) is 10.5. The van der Waals surface area contributed by atoms with Crippen LogP contribution in [0.5, 0.6) is 0 Å². The number of hydrogen-bond donors (Lipinski definition) is 2. The van der Waals surface area contributed by atoms with Crippen molar-refractivity contribution in [1.82, 2.24) is 0 Å². The normalized spacial score (nSPS) is 11.7. The van der Waals surface area contributed by atoms with Gasteiger partial charge in [-0.05, 0) is 61.0 Å². The minimum absolute atomic E-state index is 0.0111. The Balaban J connectivity index is 1.60. The van der Waals surface area contributed by atoms with Crippen LogP contribution >= 0.6 is 34.8 Å². The van der Waals surface area contributed by atoms with Gasteiger partial charge >= 0.3 is 0 Å². The molecule has 3 aromatic carbocycles. The number of halogens is 3. The van der Waals surface area contributed by atoms with Gasteiger partial charge in [-0.3, -0.25) is 13.8 Å². The van der Waals surface area contributed by atoms with Crippen molar-refractivity contribution in [3.05, 3.63) is 81.8 Å². The fourth-order valence-electron chi connectivity index (χ4n) is 3.21. The van der Waals surface area contributed by atoms with E-state index in [2.05, 4.69) is 10.0 Å². The number of benzene rings is 3. The Kier molecular flexibility index (Phi) is 9.13. The lowest BCUT2D eigenvalue weighted by molar-refractivity contribution is -0.116. The molecule has 0 atom stereocenters. The maximum atomic E-state index is 12.6. The van der Waals surface area contributed by atoms with E-state index in [1.807, 2.05) is 0 Å². The van der Waals surface area contributed by atoms with Crippen LogP contribution in [0.3, 0.4) is 0 Å². The molecule has 0 aliphatic heterocycles. The third-order valence-corrected chi connectivity index (χ3v) is 8.35. The standard InChI is InChI=1S/C23H22Cl3N3O5S2/c1-35(31,32)29(22-15-16(24)8-13-20(22)26)14-4-7-23(30)27-17-9-11-18(12-10-17)36(33,34)28-21-6-3-2-5-19(21)25/h2-3,5-6,8-13,15,28H,4,7,14H2,1H3,(H,27,30). The summed E-state index contributed by atoms with van der Waals surface area (Å²) in [5, 5.41) is 3.47. The number of nitrogens with one attached hydrogen (secondary N) is 2. The lowest BCUT2D eigenvalue weighted by Gasteiger charge is -2.23. The Morgan fingerprint density at radius 2 is 1.56 bits per heavy atom. The van der Waals surface area contributed by atoms with Gasteiger partial charge in [0.15, 0.2) is 0 Å². The second-order valence-electron chi connectivity index (χ2n) is 7.69. The first-order valence-corrected chi connectivity index (χ1v) is 14.9. The number of rotatable bonds is 10. The quantitative estimate of drug-likeness (QED) is 0.318. The minimum Gasteiger partial charge on any atom is -0.326 e. The molecular weight excluding hydrogens is 569 g/mol. The summed E-state index contributed by atoms with van der Waals surface area (Å²) in [6, 6.07) is 16.5. The number of para-hydroxylation sites is 1. The van der Waals surface area contributed by atoms with Crippen molar-refractivity contribution in [2.24, 2.45) is 0 Å². The zero-order valence-corrected chi connectivity index (χ0v) is 22.8. The van der Waals surface area contributed by atoms with Gasteiger partial charge in [-0.25, -0.2) is 16.8 Å². The van der Waals surface area contributed by atoms with Gasteiger partial charge in [0, 0.05) is 23.7 Å². The summed E-state index contributed by atoms with van der Waals surface area (Å²) < 4.78 is 53.3. The molecule has 0 heterocycles. The highest BCUT2D eigenvalue weighted by atomic mass is 35.5. The molecule has 0 unspecified atom stereocenters. The van der Waals surface area contributed by atoms with E-state index < -0.39 is 20.0 Å². The van der Waals surface area contributed by atoms with E-state index in [-0.39, 0.29) is 51.6 Å². The Morgan fingerprint density at radius 1 is 0.889 bits per heavy atom. The molecule has 1 amide bonds. The van der Waals surface area contributed by atoms with Gasteiger partial charge < -0.3 is 5.32 Å². The summed E-state index contributed by atoms with van der Waals surface area (Å²) in [6.07, 6.45) is 1.26. The number of anilines is 3. The van der Waals surface area contributed by atoms with E-state index in [4.69, 9.17) is 34.8 Å². The number of nitrogens with zero attached hydrogens (tertiary/aromatic N) is 1. The van der Waals surface area contributed by atoms with Crippen LogP contribution < -0.4 is 14.3 Å². The molecule has 0 fully saturated rings. The summed E-state index contributed by atoms with van der Waals surface area (Å²) in [5.41, 5.74) is 0.863. The summed E-state index contributed by atoms with van der Waals surface area (Å²) in [6.45, 7) is 0.0111. The van der Waals surface area contributed by atoms with Crippen molar-refractivity contribution in [3.8, 4) is 0 Å². The maximum Gasteiger partial charge on any atom is 0.261 e. The second-order valence-corrected chi connectivity index (χ2v) is 12.5. The lowest BCUT2D eigenvalue weighted by Crippen LogP contribution is -2.31. The van der Waals surface area contributed by atoms with Crippen molar-refractivity contribution in [2.75, 3.05) is 27.1 Å². The molecule has 8 nitrogen and oxygen atoms in total. The molecule has 2 N–H and O–H groups in total. The predicted molar refractivity (Wildman–Crippen MR) is 145 cm³/mol. The average Bonchev–Trinajstić information content (AvgIpc) is 2.79. The molecule has 0 aliphatic rings. The van der Waals surface area contributed by atoms with E-state index in [0.717, 1.165) is 10.6 Å². The number of carbonyl (C=O) groups excluding carboxylic acids is 1. The predicted octanol–water partition coefficient (Wildman–Crippen LogP) is 5.63. The first-order chi connectivity index (χ1) is 16.9. The number of amides is 1. The molecule has 3 rings (SSSR count). The summed E-state index contributed by atoms with van der Waals surface area (Å²) in [5.74, 6) is -0.370. The molecule has 0 saturated carbocycles. The zero-order valence-electron chi connectivity index (χ0n) is 18.9. The van der Waals surface area contributed by atoms with Gasteiger partial charge in [-0.1, -0.05) is 46.9 Å². The Bertz CT molecular complexity index is 1460. The van der Waals surface area contributed by atoms with Crippen LogP contribution in [0.25, 0.3) is 0 Å². The van der Waals surface area contributed by atoms with E-state index in [1.54, 1.807) is 30.3 Å². The van der Waals surface area contributed by atoms with Crippen LogP contribution in [0.2, 0.25) is 15.1 Å². The number of carbonyl (C=O) groups is 1. The Labute approximate surface area is 225 Å². The summed E-state index contributed by atoms with van der Waals surface area (Å²) >= 11 is 18.1. The van der Waals surface area contributed by atoms with Gasteiger partial charge in [0.25, 0.3) is 10.0 Å². The van der Waals surface area contributed by atoms with Crippen LogP contribution in [-0.2, 0) is 24.8 Å². The Morgan fingerprint density at radius 3 is 2.19 bits per heavy atom. The smallest absolute Gasteiger partial charge is 0.261 e. The van der Waals surface area contributed by atoms with Crippen LogP contribution in [0.15, 0.2) is 71.6 Å². The zero-order chi connectivity index (χ0) is 26.5. The third kappa shape index (κ3) is 7.50. The molecule has 0 aromatic heterocycles. The van der Waals surface area contributed by atoms with Crippen molar-refractivity contribution in [3.63, 3.8) is 0 Å². The van der Waals surface area contributed by atoms with Crippen molar-refractivity contribution in [2.45, 2.75) is 17.7 Å². The fourth-order valence-corrected chi connectivity index (χ4v) is 5.94. The van der Waals surface area contributed by atoms with E-state index in [1.165, 1.54) is 36.4 Å². The molecule has 192 valence electrons. The SMILES string of the molecule is CS(=O)(=O)N(CCCC(=O)Nc1ccc(S(=O)(=O)Nc2ccccc2Cl)cc1)c1cc(Cl)ccc1Cl. The third-order valence-electron chi connectivity index (χ3n) is 4.91. The fraction of sp³-hybridized carbons (Fsp3) is 0.174. The molecule has 0 saturated heterocycles. The molecule has 0 spiro atoms. The molecule has 0 aliphatic carbocycles. The molecule has 13 heteroatoms. The van der Waals surface area contributed by atoms with Crippen molar-refractivity contribution < 1.29 is 21.6 Å². The Hall–Kier alpha value is -2.50. The van der Waals surface area contributed by atoms with Gasteiger partial charge in [-0.15, -0.1) is 0 Å². The first kappa shape index (κ1) is 28.1. The molecule has 36 heavy (non-hydrogen) atoms. The lowest BCUT2D eigenvalue weighted by atomic mass is 10.2. The molecule has 3 aromatic rings. The highest BCUT2D eigenvalue weighted by molar-refractivity contribution is 7.92. The monoisotopic (exact) mass is 589 g/mol. The molecule has 0 bridgehead atoms. The van der Waals surface area contributed by atoms with Gasteiger partial charge in [0.2, 0.25) is 15.9 Å². The van der Waals surface area contributed by atoms with Gasteiger partial charge in [0.1, 0.15) is 0 Å². The van der Waals surface area contributed by atoms with E-state index >= 15 is 0 Å². The largest absolute Gasteiger partial charge is 0.326 e. The second kappa shape index (κ2) is 11.7. The van der Waals surface area contributed by atoms with Crippen LogP contribution in [-0.4, -0.2) is 35.5 Å². The van der Waals surface area contributed by atoms with E-state index in [9.17, 15) is 21.6 Å². The maximum absolute atomic E-state index is 12.6. The summed E-state index contributed by atoms with van der Waals surface area (Å²) in [7, 11) is -7.55. The molecule has 0 radical (unpaired) electrons. The van der Waals surface area contributed by atoms with Crippen molar-refractivity contribution >= 4 is 77.8 Å². The van der Waals surface area contributed by atoms with Crippen LogP contribution in [0, 0.1) is 0 Å². The number of hydrogen-bond acceptors (Lipinski definition) is 5. The van der Waals surface area contributed by atoms with Crippen molar-refractivity contribution in [1.29, 1.82) is 0 Å². The highest BCUT2D eigenvalue weighted by Crippen LogP contribution is 2.31. The van der Waals surface area contributed by atoms with Gasteiger partial charge in [-0.2, -0.15) is 0 Å². The highest BCUT2D eigenvalue weighted by Gasteiger charge is 2.21. The molecular formula is C23H22Cl3N3O5S2. The van der Waals surface area contributed by atoms with E-state index in [0.29, 0.717) is 10.7 Å². The van der Waals surface area contributed by atoms with Crippen LogP contribution in [0.1, 0.15) is 12.8 Å². The summed E-state index contributed by atoms with van der Waals surface area (Å²) in [4.78, 5) is 12.4. The number of sulfonamides is 2. The topological polar surface area (TPSA) is 113 Å². The minimum atomic E-state index is -3.88.